The third-order valence-electron chi connectivity index (χ3n) is 2.97. The number of hydrogen-bond donors (Lipinski definition) is 2. The van der Waals surface area contributed by atoms with Gasteiger partial charge in [-0.05, 0) is 18.2 Å². The van der Waals surface area contributed by atoms with E-state index in [9.17, 15) is 9.90 Å². The fourth-order valence-electron chi connectivity index (χ4n) is 2.18. The second-order valence-corrected chi connectivity index (χ2v) is 4.03. The highest BCUT2D eigenvalue weighted by molar-refractivity contribution is 6.06. The molecular formula is C14H11NO2. The number of carbonyl (C=O) groups excluding carboxylic acids is 1. The molecule has 0 saturated heterocycles. The number of allylic oxidation sites excluding steroid dienone is 7. The van der Waals surface area contributed by atoms with Crippen LogP contribution in [0.1, 0.15) is 6.42 Å². The lowest BCUT2D eigenvalue weighted by molar-refractivity contribution is -0.114. The minimum Gasteiger partial charge on any atom is -0.508 e. The Morgan fingerprint density at radius 1 is 1.24 bits per heavy atom. The number of hydrogen-bond acceptors (Lipinski definition) is 3. The van der Waals surface area contributed by atoms with Crippen molar-refractivity contribution in [1.29, 1.82) is 0 Å². The predicted octanol–water partition coefficient (Wildman–Crippen LogP) is 2.19. The van der Waals surface area contributed by atoms with Gasteiger partial charge in [0.1, 0.15) is 5.76 Å². The molecule has 0 bridgehead atoms. The van der Waals surface area contributed by atoms with E-state index in [1.165, 1.54) is 0 Å². The molecule has 1 heterocycles. The molecule has 84 valence electrons. The van der Waals surface area contributed by atoms with Crippen molar-refractivity contribution in [3.8, 4) is 0 Å². The largest absolute Gasteiger partial charge is 0.508 e. The van der Waals surface area contributed by atoms with E-state index >= 15 is 0 Å². The fourth-order valence-corrected chi connectivity index (χ4v) is 2.18. The quantitative estimate of drug-likeness (QED) is 0.664. The van der Waals surface area contributed by atoms with Gasteiger partial charge in [0.15, 0.2) is 5.78 Å². The van der Waals surface area contributed by atoms with E-state index < -0.39 is 0 Å². The lowest BCUT2D eigenvalue weighted by atomic mass is 9.93. The molecule has 17 heavy (non-hydrogen) atoms. The van der Waals surface area contributed by atoms with Crippen LogP contribution in [0.4, 0.5) is 0 Å². The summed E-state index contributed by atoms with van der Waals surface area (Å²) in [5.74, 6) is 0.240. The van der Waals surface area contributed by atoms with Crippen molar-refractivity contribution >= 4 is 5.78 Å². The Kier molecular flexibility index (Phi) is 2.11. The van der Waals surface area contributed by atoms with Gasteiger partial charge in [0.2, 0.25) is 0 Å². The molecule has 3 nitrogen and oxygen atoms in total. The molecule has 0 aromatic carbocycles. The van der Waals surface area contributed by atoms with Crippen molar-refractivity contribution in [3.05, 3.63) is 70.8 Å². The van der Waals surface area contributed by atoms with Crippen molar-refractivity contribution in [2.24, 2.45) is 0 Å². The summed E-state index contributed by atoms with van der Waals surface area (Å²) in [7, 11) is 0. The van der Waals surface area contributed by atoms with Crippen molar-refractivity contribution in [2.75, 3.05) is 0 Å². The third kappa shape index (κ3) is 1.47. The molecule has 0 atom stereocenters. The summed E-state index contributed by atoms with van der Waals surface area (Å²) < 4.78 is 0. The number of ketones is 1. The van der Waals surface area contributed by atoms with E-state index in [1.807, 2.05) is 30.4 Å². The first-order chi connectivity index (χ1) is 8.27. The van der Waals surface area contributed by atoms with Gasteiger partial charge >= 0.3 is 0 Å². The lowest BCUT2D eigenvalue weighted by Crippen LogP contribution is -2.12. The molecule has 3 aliphatic rings. The molecule has 1 aliphatic heterocycles. The van der Waals surface area contributed by atoms with Crippen molar-refractivity contribution in [1.82, 2.24) is 5.32 Å². The first kappa shape index (κ1) is 9.90. The van der Waals surface area contributed by atoms with Gasteiger partial charge in [-0.3, -0.25) is 4.79 Å². The SMILES string of the molecule is O=C1CC=C(O)C2=C1/C1=C/C=C\C=C/NC1=C2. The van der Waals surface area contributed by atoms with E-state index in [2.05, 4.69) is 5.32 Å². The smallest absolute Gasteiger partial charge is 0.168 e. The van der Waals surface area contributed by atoms with Gasteiger partial charge in [-0.2, -0.15) is 0 Å². The number of aliphatic hydroxyl groups is 1. The fraction of sp³-hybridized carbons (Fsp3) is 0.0714. The summed E-state index contributed by atoms with van der Waals surface area (Å²) in [5, 5.41) is 12.9. The second kappa shape index (κ2) is 3.63. The van der Waals surface area contributed by atoms with Gasteiger partial charge in [-0.1, -0.05) is 18.2 Å². The molecule has 0 unspecified atom stereocenters. The summed E-state index contributed by atoms with van der Waals surface area (Å²) in [6.45, 7) is 0. The third-order valence-corrected chi connectivity index (χ3v) is 2.97. The van der Waals surface area contributed by atoms with Gasteiger partial charge in [-0.25, -0.2) is 0 Å². The van der Waals surface area contributed by atoms with Crippen molar-refractivity contribution in [3.63, 3.8) is 0 Å². The summed E-state index contributed by atoms with van der Waals surface area (Å²) in [5.41, 5.74) is 2.95. The zero-order valence-electron chi connectivity index (χ0n) is 9.10. The van der Waals surface area contributed by atoms with E-state index in [1.54, 1.807) is 12.3 Å². The molecule has 0 fully saturated rings. The highest BCUT2D eigenvalue weighted by Crippen LogP contribution is 2.37. The lowest BCUT2D eigenvalue weighted by Gasteiger charge is -2.13. The van der Waals surface area contributed by atoms with Crippen LogP contribution in [0.25, 0.3) is 0 Å². The van der Waals surface area contributed by atoms with Gasteiger partial charge in [-0.15, -0.1) is 0 Å². The van der Waals surface area contributed by atoms with Gasteiger partial charge < -0.3 is 10.4 Å². The maximum atomic E-state index is 11.9. The summed E-state index contributed by atoms with van der Waals surface area (Å²) in [6, 6.07) is 0. The Morgan fingerprint density at radius 3 is 3.00 bits per heavy atom. The topological polar surface area (TPSA) is 49.3 Å². The number of carbonyl (C=O) groups is 1. The number of Topliss-reactive ketones (excluding diaryl/α,β-unsaturated/α-hetero) is 1. The van der Waals surface area contributed by atoms with Crippen LogP contribution >= 0.6 is 0 Å². The summed E-state index contributed by atoms with van der Waals surface area (Å²) in [4.78, 5) is 11.9. The molecule has 3 rings (SSSR count). The minimum absolute atomic E-state index is 0.0510. The van der Waals surface area contributed by atoms with Crippen LogP contribution in [0.15, 0.2) is 70.8 Å². The summed E-state index contributed by atoms with van der Waals surface area (Å²) >= 11 is 0. The number of nitrogens with one attached hydrogen (secondary N) is 1. The second-order valence-electron chi connectivity index (χ2n) is 4.03. The minimum atomic E-state index is 0.0510. The van der Waals surface area contributed by atoms with Crippen LogP contribution < -0.4 is 5.32 Å². The Morgan fingerprint density at radius 2 is 2.12 bits per heavy atom. The zero-order chi connectivity index (χ0) is 11.8. The average molecular weight is 225 g/mol. The molecular weight excluding hydrogens is 214 g/mol. The van der Waals surface area contributed by atoms with Gasteiger partial charge in [0.25, 0.3) is 0 Å². The average Bonchev–Trinajstić information content (AvgIpc) is 2.63. The highest BCUT2D eigenvalue weighted by Gasteiger charge is 2.30. The maximum Gasteiger partial charge on any atom is 0.168 e. The molecule has 0 radical (unpaired) electrons. The monoisotopic (exact) mass is 225 g/mol. The standard InChI is InChI=1S/C14H11NO2/c16-12-5-6-13(17)14-9-4-2-1-3-7-15-11(9)8-10(12)14/h1-5,7-8,15-16H,6H2/b2-1-,7-3-,9-4+. The number of rotatable bonds is 0. The van der Waals surface area contributed by atoms with Crippen LogP contribution in [0.3, 0.4) is 0 Å². The molecule has 2 N–H and O–H groups in total. The number of aliphatic hydroxyl groups excluding tert-OH is 1. The van der Waals surface area contributed by atoms with Gasteiger partial charge in [0.05, 0.1) is 0 Å². The molecule has 0 amide bonds. The molecule has 2 aliphatic carbocycles. The van der Waals surface area contributed by atoms with E-state index in [0.29, 0.717) is 11.1 Å². The van der Waals surface area contributed by atoms with Crippen LogP contribution in [-0.4, -0.2) is 10.9 Å². The molecule has 0 aromatic rings. The highest BCUT2D eigenvalue weighted by atomic mass is 16.3. The molecule has 0 aromatic heterocycles. The van der Waals surface area contributed by atoms with Crippen molar-refractivity contribution < 1.29 is 9.90 Å². The van der Waals surface area contributed by atoms with Crippen molar-refractivity contribution in [2.45, 2.75) is 6.42 Å². The van der Waals surface area contributed by atoms with E-state index in [0.717, 1.165) is 11.3 Å². The van der Waals surface area contributed by atoms with E-state index in [4.69, 9.17) is 0 Å². The van der Waals surface area contributed by atoms with Crippen LogP contribution in [0, 0.1) is 0 Å². The summed E-state index contributed by atoms with van der Waals surface area (Å²) in [6.07, 6.45) is 13.0. The molecule has 0 spiro atoms. The molecule has 3 heteroatoms. The Balaban J connectivity index is 2.16. The normalized spacial score (nSPS) is 28.7. The number of fused-ring (bicyclic) bond motifs is 2. The van der Waals surface area contributed by atoms with Gasteiger partial charge in [0, 0.05) is 35.0 Å². The van der Waals surface area contributed by atoms with Crippen LogP contribution in [0.2, 0.25) is 0 Å². The predicted molar refractivity (Wildman–Crippen MR) is 64.9 cm³/mol. The Labute approximate surface area is 98.8 Å². The first-order valence-corrected chi connectivity index (χ1v) is 5.47. The first-order valence-electron chi connectivity index (χ1n) is 5.47. The van der Waals surface area contributed by atoms with Crippen LogP contribution in [0.5, 0.6) is 0 Å². The maximum absolute atomic E-state index is 11.9. The van der Waals surface area contributed by atoms with Crippen LogP contribution in [-0.2, 0) is 4.79 Å². The zero-order valence-corrected chi connectivity index (χ0v) is 9.10. The Hall–Kier alpha value is -2.29. The Bertz CT molecular complexity index is 583. The molecule has 0 saturated carbocycles. The van der Waals surface area contributed by atoms with E-state index in [-0.39, 0.29) is 18.0 Å².